The number of rotatable bonds is 5. The third kappa shape index (κ3) is 8.00. The first-order chi connectivity index (χ1) is 48.9. The summed E-state index contributed by atoms with van der Waals surface area (Å²) in [6.07, 6.45) is 0. The molecule has 21 aromatic rings. The Balaban J connectivity index is 0.000000130. The molecule has 2 heterocycles. The fourth-order valence-corrected chi connectivity index (χ4v) is 17.8. The van der Waals surface area contributed by atoms with Gasteiger partial charge < -0.3 is 8.83 Å². The van der Waals surface area contributed by atoms with E-state index in [0.29, 0.717) is 0 Å². The molecule has 460 valence electrons. The maximum Gasteiger partial charge on any atom is 0.144 e. The van der Waals surface area contributed by atoms with Gasteiger partial charge in [-0.25, -0.2) is 0 Å². The molecule has 0 radical (unpaired) electrons. The van der Waals surface area contributed by atoms with Crippen LogP contribution in [0.3, 0.4) is 0 Å². The van der Waals surface area contributed by atoms with Crippen LogP contribution < -0.4 is 0 Å². The second-order valence-electron chi connectivity index (χ2n) is 27.5. The average molecular weight is 1260 g/mol. The van der Waals surface area contributed by atoms with Gasteiger partial charge in [-0.05, 0) is 194 Å². The molecule has 2 nitrogen and oxygen atoms in total. The van der Waals surface area contributed by atoms with Crippen molar-refractivity contribution in [1.82, 2.24) is 0 Å². The molecule has 0 N–H and O–H groups in total. The lowest BCUT2D eigenvalue weighted by molar-refractivity contribution is 0.653. The Hall–Kier alpha value is -12.6. The van der Waals surface area contributed by atoms with Crippen molar-refractivity contribution in [3.8, 4) is 66.8 Å². The Morgan fingerprint density at radius 3 is 1.23 bits per heavy atom. The Labute approximate surface area is 570 Å². The zero-order valence-electron chi connectivity index (χ0n) is 54.5. The van der Waals surface area contributed by atoms with E-state index in [2.05, 4.69) is 341 Å². The highest BCUT2D eigenvalue weighted by atomic mass is 16.3. The minimum Gasteiger partial charge on any atom is -0.455 e. The topological polar surface area (TPSA) is 26.3 Å². The third-order valence-corrected chi connectivity index (χ3v) is 22.0. The molecule has 0 spiro atoms. The Morgan fingerprint density at radius 2 is 0.616 bits per heavy atom. The molecule has 0 unspecified atom stereocenters. The van der Waals surface area contributed by atoms with E-state index >= 15 is 0 Å². The summed E-state index contributed by atoms with van der Waals surface area (Å²) >= 11 is 0. The van der Waals surface area contributed by atoms with Gasteiger partial charge in [0.1, 0.15) is 22.3 Å². The predicted octanol–water partition coefficient (Wildman–Crippen LogP) is 27.6. The van der Waals surface area contributed by atoms with Gasteiger partial charge in [0.15, 0.2) is 0 Å². The van der Waals surface area contributed by atoms with Crippen LogP contribution in [0.4, 0.5) is 0 Å². The van der Waals surface area contributed by atoms with Crippen molar-refractivity contribution in [3.05, 3.63) is 339 Å². The fourth-order valence-electron chi connectivity index (χ4n) is 17.8. The summed E-state index contributed by atoms with van der Waals surface area (Å²) in [6.45, 7) is 4.72. The van der Waals surface area contributed by atoms with Gasteiger partial charge in [0.2, 0.25) is 0 Å². The van der Waals surface area contributed by atoms with E-state index in [1.807, 2.05) is 0 Å². The molecule has 0 aliphatic heterocycles. The second-order valence-corrected chi connectivity index (χ2v) is 27.5. The van der Waals surface area contributed by atoms with Crippen molar-refractivity contribution in [2.75, 3.05) is 0 Å². The van der Waals surface area contributed by atoms with Crippen LogP contribution in [0, 0.1) is 0 Å². The van der Waals surface area contributed by atoms with Gasteiger partial charge >= 0.3 is 0 Å². The highest BCUT2D eigenvalue weighted by Crippen LogP contribution is 2.58. The molecular formula is C97H60O2. The maximum absolute atomic E-state index is 6.91. The van der Waals surface area contributed by atoms with Crippen molar-refractivity contribution in [2.24, 2.45) is 0 Å². The number of furan rings is 2. The van der Waals surface area contributed by atoms with Crippen LogP contribution in [0.1, 0.15) is 25.0 Å². The number of benzene rings is 19. The maximum atomic E-state index is 6.91. The summed E-state index contributed by atoms with van der Waals surface area (Å²) in [5.74, 6) is 0. The zero-order valence-corrected chi connectivity index (χ0v) is 54.5. The first-order valence-corrected chi connectivity index (χ1v) is 34.5. The largest absolute Gasteiger partial charge is 0.455 e. The SMILES string of the molecule is CC1(C)c2ccccc2-c2c1cc(-c1c3ccccc3c(-c3cc4ccccc4c4ccccc34)c3ccccc13)c1c2oc2ccccc21.c1ccc(-c2ccc(-c3c4ccccc4c(-c4ccc5ccc6cccc7ccc4c5c67)c4ccccc34)c3c2oc2ccccc23)cc1. The summed E-state index contributed by atoms with van der Waals surface area (Å²) in [5.41, 5.74) is 21.0. The minimum absolute atomic E-state index is 0.177. The van der Waals surface area contributed by atoms with Crippen LogP contribution in [0.25, 0.3) is 208 Å². The van der Waals surface area contributed by atoms with E-state index in [1.165, 1.54) is 169 Å². The Bertz CT molecular complexity index is 6870. The summed E-state index contributed by atoms with van der Waals surface area (Å²) in [7, 11) is 0. The summed E-state index contributed by atoms with van der Waals surface area (Å²) < 4.78 is 13.6. The smallest absolute Gasteiger partial charge is 0.144 e. The molecular weight excluding hydrogens is 1200 g/mol. The minimum atomic E-state index is -0.177. The highest BCUT2D eigenvalue weighted by molar-refractivity contribution is 6.33. The van der Waals surface area contributed by atoms with E-state index in [-0.39, 0.29) is 5.41 Å². The van der Waals surface area contributed by atoms with Crippen molar-refractivity contribution >= 4 is 141 Å². The van der Waals surface area contributed by atoms with E-state index in [1.54, 1.807) is 0 Å². The van der Waals surface area contributed by atoms with Gasteiger partial charge in [-0.15, -0.1) is 0 Å². The van der Waals surface area contributed by atoms with Gasteiger partial charge in [-0.2, -0.15) is 0 Å². The van der Waals surface area contributed by atoms with Crippen LogP contribution >= 0.6 is 0 Å². The molecule has 2 heteroatoms. The van der Waals surface area contributed by atoms with Crippen LogP contribution in [-0.2, 0) is 5.41 Å². The molecule has 2 aromatic heterocycles. The van der Waals surface area contributed by atoms with Crippen molar-refractivity contribution in [1.29, 1.82) is 0 Å². The lowest BCUT2D eigenvalue weighted by Crippen LogP contribution is -2.15. The number of para-hydroxylation sites is 2. The molecule has 0 saturated heterocycles. The molecule has 0 atom stereocenters. The number of fused-ring (bicyclic) bond motifs is 17. The molecule has 19 aromatic carbocycles. The summed E-state index contributed by atoms with van der Waals surface area (Å²) in [6, 6.07) is 120. The molecule has 1 aliphatic carbocycles. The van der Waals surface area contributed by atoms with E-state index in [4.69, 9.17) is 8.83 Å². The number of hydrogen-bond acceptors (Lipinski definition) is 2. The van der Waals surface area contributed by atoms with Gasteiger partial charge in [0.25, 0.3) is 0 Å². The van der Waals surface area contributed by atoms with Crippen LogP contribution in [0.5, 0.6) is 0 Å². The van der Waals surface area contributed by atoms with Crippen molar-refractivity contribution in [2.45, 2.75) is 19.3 Å². The van der Waals surface area contributed by atoms with Crippen LogP contribution in [-0.4, -0.2) is 0 Å². The molecule has 0 fully saturated rings. The number of hydrogen-bond donors (Lipinski definition) is 0. The first-order valence-electron chi connectivity index (χ1n) is 34.5. The third-order valence-electron chi connectivity index (χ3n) is 22.0. The molecule has 99 heavy (non-hydrogen) atoms. The molecule has 22 rings (SSSR count). The van der Waals surface area contributed by atoms with Crippen LogP contribution in [0.15, 0.2) is 336 Å². The molecule has 0 bridgehead atoms. The lowest BCUT2D eigenvalue weighted by atomic mass is 9.79. The Morgan fingerprint density at radius 1 is 0.202 bits per heavy atom. The average Bonchev–Trinajstić information content (AvgIpc) is 1.64. The summed E-state index contributed by atoms with van der Waals surface area (Å²) in [5, 5.41) is 27.5. The van der Waals surface area contributed by atoms with Crippen molar-refractivity contribution < 1.29 is 8.83 Å². The summed E-state index contributed by atoms with van der Waals surface area (Å²) in [4.78, 5) is 0. The van der Waals surface area contributed by atoms with Gasteiger partial charge in [-0.3, -0.25) is 0 Å². The first kappa shape index (κ1) is 55.6. The quantitative estimate of drug-likeness (QED) is 0.127. The normalized spacial score (nSPS) is 12.8. The Kier molecular flexibility index (Phi) is 11.9. The van der Waals surface area contributed by atoms with E-state index in [0.717, 1.165) is 49.6 Å². The van der Waals surface area contributed by atoms with Gasteiger partial charge in [-0.1, -0.05) is 311 Å². The van der Waals surface area contributed by atoms with E-state index in [9.17, 15) is 0 Å². The lowest BCUT2D eigenvalue weighted by Gasteiger charge is -2.24. The van der Waals surface area contributed by atoms with E-state index < -0.39 is 0 Å². The fraction of sp³-hybridized carbons (Fsp3) is 0.0309. The monoisotopic (exact) mass is 1260 g/mol. The van der Waals surface area contributed by atoms with Gasteiger partial charge in [0.05, 0.1) is 0 Å². The molecule has 1 aliphatic rings. The highest BCUT2D eigenvalue weighted by Gasteiger charge is 2.39. The standard InChI is InChI=1S/C49H32O.C48H28O/c1-49(2)41-25-13-11-23-37(41)47-42(49)28-40(46-38-24-12-14-26-43(38)50-48(46)47)45-35-21-9-7-19-33(35)44(34-20-8-10-22-36(34)45)39-27-29-15-3-4-16-30(29)31-17-5-6-18-32(31)39;1-2-11-29(12-3-1)33-27-28-41(47-40-19-8-9-20-42(40)49-48(33)47)46-36-17-6-4-15-34(36)45(35-16-5-7-18-37(35)46)39-26-24-32-22-21-30-13-10-14-31-23-25-38(39)44(32)43(30)31/h3-28H,1-2H3;1-28H. The second kappa shape index (κ2) is 21.2. The molecule has 0 saturated carbocycles. The van der Waals surface area contributed by atoms with Gasteiger partial charge in [0, 0.05) is 38.1 Å². The molecule has 0 amide bonds. The zero-order chi connectivity index (χ0) is 65.2. The van der Waals surface area contributed by atoms with Crippen molar-refractivity contribution in [3.63, 3.8) is 0 Å². The van der Waals surface area contributed by atoms with Crippen LogP contribution in [0.2, 0.25) is 0 Å². The predicted molar refractivity (Wildman–Crippen MR) is 421 cm³/mol.